The number of para-hydroxylation sites is 1. The number of benzene rings is 13. The van der Waals surface area contributed by atoms with Gasteiger partial charge in [-0.05, 0) is 149 Å². The van der Waals surface area contributed by atoms with Crippen LogP contribution in [0.1, 0.15) is 55.4 Å². The Morgan fingerprint density at radius 2 is 0.606 bits per heavy atom. The first kappa shape index (κ1) is 121. The standard InChI is InChI=1S/C17H10NS.C16H10N3.C16H11N2.C15H10N.3C11H8N.4C5H8O2.6Ir/c1-2-8-13-12(6-1)7-5-9-14(13)17-18-15-10-3-4-11-16(15)19-17;1-2-8-13-12(6-1)7-5-11-16(13)19-17-14-9-3-4-10-15(14)18-19;1-3-7-13(8-4-1)15-16(18-12-11-17-15)14-9-5-2-6-10-14;1-2-7-13(8-3-1)15-14-9-5-4-6-12(14)10-11-16-15;3*1-2-6-10(7-3-1)11-8-4-5-9-12-11;4*1-4(6)3-5(2)7;;;;;;/h1-8,10-11H;1-10H;1-9,11-12H;1-7,9-11H;3*1-6,8-9H;4*3,6H,1-2H3;;;;;;/q7*-1;;;;;;;;;;. The average Bonchev–Trinajstić information content (AvgIpc) is 1.65. The third kappa shape index (κ3) is 41.6. The molecular weight excluding hydrogens is 2860 g/mol. The van der Waals surface area contributed by atoms with Crippen LogP contribution in [0.25, 0.3) is 137 Å². The summed E-state index contributed by atoms with van der Waals surface area (Å²) in [6.07, 6.45) is 15.3. The maximum absolute atomic E-state index is 10.0. The van der Waals surface area contributed by atoms with Gasteiger partial charge < -0.3 is 45.3 Å². The molecule has 6 radical (unpaired) electrons. The second-order valence-corrected chi connectivity index (χ2v) is 30.5. The van der Waals surface area contributed by atoms with Crippen molar-refractivity contribution in [2.75, 3.05) is 0 Å². The van der Waals surface area contributed by atoms with Crippen molar-refractivity contribution < 1.29 is 160 Å². The number of thiazole rings is 1. The van der Waals surface area contributed by atoms with E-state index >= 15 is 0 Å². The summed E-state index contributed by atoms with van der Waals surface area (Å²) in [5.41, 5.74) is 16.7. The molecule has 0 saturated heterocycles. The van der Waals surface area contributed by atoms with Gasteiger partial charge in [0.05, 0.1) is 34.2 Å². The van der Waals surface area contributed by atoms with Gasteiger partial charge in [-0.2, -0.15) is 44.5 Å². The van der Waals surface area contributed by atoms with Crippen LogP contribution >= 0.6 is 11.3 Å². The van der Waals surface area contributed by atoms with Crippen LogP contribution in [0.3, 0.4) is 0 Å². The third-order valence-corrected chi connectivity index (χ3v) is 19.4. The number of nitrogens with zero attached hydrogens (tertiary/aromatic N) is 10. The van der Waals surface area contributed by atoms with Gasteiger partial charge in [-0.3, -0.25) is 29.1 Å². The molecule has 0 aliphatic heterocycles. The van der Waals surface area contributed by atoms with Gasteiger partial charge in [0.25, 0.3) is 0 Å². The molecule has 0 atom stereocenters. The number of aliphatic hydroxyl groups is 4. The Labute approximate surface area is 913 Å². The predicted molar refractivity (Wildman–Crippen MR) is 548 cm³/mol. The number of rotatable bonds is 12. The Kier molecular flexibility index (Phi) is 56.8. The number of hydrogen-bond acceptors (Lipinski definition) is 18. The van der Waals surface area contributed by atoms with Gasteiger partial charge in [-0.25, -0.2) is 0 Å². The van der Waals surface area contributed by atoms with E-state index in [1.165, 1.54) is 106 Å². The van der Waals surface area contributed by atoms with E-state index in [9.17, 15) is 19.2 Å². The van der Waals surface area contributed by atoms with Crippen molar-refractivity contribution in [2.24, 2.45) is 0 Å². The molecule has 25 heteroatoms. The van der Waals surface area contributed by atoms with E-state index < -0.39 is 0 Å². The molecule has 0 bridgehead atoms. The second kappa shape index (κ2) is 66.9. The fourth-order valence-electron chi connectivity index (χ4n) is 12.7. The Balaban J connectivity index is 0.000000330. The molecule has 20 aromatic rings. The van der Waals surface area contributed by atoms with E-state index in [2.05, 4.69) is 155 Å². The topological polar surface area (TPSA) is 270 Å². The van der Waals surface area contributed by atoms with Gasteiger partial charge in [0.15, 0.2) is 23.1 Å². The third-order valence-electron chi connectivity index (χ3n) is 18.4. The fraction of sp³-hybridized carbons (Fsp3) is 0.0684. The van der Waals surface area contributed by atoms with Crippen LogP contribution in [0.2, 0.25) is 0 Å². The van der Waals surface area contributed by atoms with Gasteiger partial charge >= 0.3 is 0 Å². The van der Waals surface area contributed by atoms with Crippen molar-refractivity contribution in [3.8, 4) is 83.8 Å². The average molecular weight is 2960 g/mol. The summed E-state index contributed by atoms with van der Waals surface area (Å²) in [4.78, 5) is 72.4. The van der Waals surface area contributed by atoms with Crippen LogP contribution in [0, 0.1) is 42.5 Å². The van der Waals surface area contributed by atoms with E-state index in [1.807, 2.05) is 291 Å². The molecule has 20 rings (SSSR count). The van der Waals surface area contributed by atoms with Crippen LogP contribution in [0.5, 0.6) is 0 Å². The first-order valence-electron chi connectivity index (χ1n) is 42.9. The molecule has 730 valence electrons. The maximum Gasteiger partial charge on any atom is 0.155 e. The van der Waals surface area contributed by atoms with E-state index in [4.69, 9.17) is 25.4 Å². The van der Waals surface area contributed by atoms with Crippen molar-refractivity contribution in [3.05, 3.63) is 485 Å². The number of allylic oxidation sites excluding steroid dienone is 8. The number of pyridine rings is 4. The molecular formula is C117H97Ir6N10O8S-7. The number of hydrogen-bond donors (Lipinski definition) is 4. The Morgan fingerprint density at radius 1 is 0.275 bits per heavy atom. The summed E-state index contributed by atoms with van der Waals surface area (Å²) in [5.74, 6) is -0.250. The molecule has 4 N–H and O–H groups in total. The number of ketones is 4. The summed E-state index contributed by atoms with van der Waals surface area (Å²) in [6.45, 7) is 11.4. The first-order chi connectivity index (χ1) is 66.1. The van der Waals surface area contributed by atoms with E-state index in [1.54, 1.807) is 47.1 Å². The van der Waals surface area contributed by atoms with Crippen LogP contribution in [-0.4, -0.2) is 93.4 Å². The van der Waals surface area contributed by atoms with Crippen LogP contribution in [-0.2, 0) is 140 Å². The predicted octanol–water partition coefficient (Wildman–Crippen LogP) is 27.4. The van der Waals surface area contributed by atoms with Crippen LogP contribution < -0.4 is 0 Å². The van der Waals surface area contributed by atoms with Gasteiger partial charge in [0.1, 0.15) is 11.0 Å². The normalized spacial score (nSPS) is 10.2. The maximum atomic E-state index is 10.0. The van der Waals surface area contributed by atoms with E-state index in [-0.39, 0.29) is 167 Å². The SMILES string of the molecule is CC(=O)C=C(C)O.CC(=O)C=C(C)O.CC(=O)C=C(C)O.CC(=O)C=C(C)O.[Ir].[Ir].[Ir].[Ir].[Ir].[Ir].[c-]1ccc2ccccc2c1-c1nc2ccccc2s1.[c-]1ccc2ccccc2c1-n1nc2ccccc2n1.[c-]1ccccc1-c1ccccn1.[c-]1ccccc1-c1ccccn1.[c-]1ccccc1-c1ccccn1.[c-]1ccccc1-c1nccc2ccccc12.[c-]1ccccc1-c1nccnc1-c1ccccc1. The zero-order chi connectivity index (χ0) is 96.4. The summed E-state index contributed by atoms with van der Waals surface area (Å²) >= 11 is 1.72. The molecule has 142 heavy (non-hydrogen) atoms. The Bertz CT molecular complexity index is 6570. The Morgan fingerprint density at radius 3 is 0.993 bits per heavy atom. The molecule has 7 heterocycles. The molecule has 7 aromatic heterocycles. The molecule has 0 aliphatic rings. The van der Waals surface area contributed by atoms with E-state index in [0.29, 0.717) is 0 Å². The fourth-order valence-corrected chi connectivity index (χ4v) is 13.7. The summed E-state index contributed by atoms with van der Waals surface area (Å²) < 4.78 is 1.22. The second-order valence-electron chi connectivity index (χ2n) is 29.4. The quantitative estimate of drug-likeness (QED) is 0.0503. The number of fused-ring (bicyclic) bond motifs is 5. The number of aromatic nitrogens is 10. The number of aliphatic hydroxyl groups excluding tert-OH is 4. The molecule has 0 fully saturated rings. The molecule has 0 saturated carbocycles. The Hall–Kier alpha value is -13.7. The van der Waals surface area contributed by atoms with Gasteiger partial charge in [-0.1, -0.05) is 163 Å². The monoisotopic (exact) mass is 2960 g/mol. The van der Waals surface area contributed by atoms with Crippen molar-refractivity contribution in [3.63, 3.8) is 0 Å². The summed E-state index contributed by atoms with van der Waals surface area (Å²) in [5, 5.41) is 50.6. The number of carbonyl (C=O) groups excluding carboxylic acids is 4. The van der Waals surface area contributed by atoms with Crippen molar-refractivity contribution >= 4 is 88.0 Å². The largest absolute Gasteiger partial charge is 0.512 e. The minimum absolute atomic E-state index is 0. The molecule has 13 aromatic carbocycles. The summed E-state index contributed by atoms with van der Waals surface area (Å²) in [6, 6.07) is 140. The van der Waals surface area contributed by atoms with Gasteiger partial charge in [0.2, 0.25) is 0 Å². The molecule has 0 amide bonds. The van der Waals surface area contributed by atoms with Crippen molar-refractivity contribution in [1.29, 1.82) is 0 Å². The van der Waals surface area contributed by atoms with E-state index in [0.717, 1.165) is 111 Å². The molecule has 0 aliphatic carbocycles. The minimum atomic E-state index is -0.125. The van der Waals surface area contributed by atoms with Crippen molar-refractivity contribution in [2.45, 2.75) is 55.4 Å². The molecule has 18 nitrogen and oxygen atoms in total. The minimum Gasteiger partial charge on any atom is -0.512 e. The van der Waals surface area contributed by atoms with Crippen LogP contribution in [0.15, 0.2) is 442 Å². The van der Waals surface area contributed by atoms with Gasteiger partial charge in [0, 0.05) is 198 Å². The smallest absolute Gasteiger partial charge is 0.155 e. The molecule has 0 unspecified atom stereocenters. The summed E-state index contributed by atoms with van der Waals surface area (Å²) in [7, 11) is 0. The first-order valence-corrected chi connectivity index (χ1v) is 43.7. The zero-order valence-electron chi connectivity index (χ0n) is 78.1. The number of carbonyl (C=O) groups is 4. The van der Waals surface area contributed by atoms with Crippen LogP contribution in [0.4, 0.5) is 0 Å². The molecule has 0 spiro atoms. The van der Waals surface area contributed by atoms with Crippen molar-refractivity contribution in [1.82, 2.24) is 49.9 Å². The van der Waals surface area contributed by atoms with Gasteiger partial charge in [-0.15, -0.1) is 225 Å². The zero-order valence-corrected chi connectivity index (χ0v) is 93.3.